The van der Waals surface area contributed by atoms with E-state index in [0.717, 1.165) is 11.1 Å². The maximum Gasteiger partial charge on any atom is 0.300 e. The molecule has 1 amide bonds. The van der Waals surface area contributed by atoms with E-state index in [0.29, 0.717) is 28.3 Å². The average molecular weight is 472 g/mol. The highest BCUT2D eigenvalue weighted by atomic mass is 16.5. The first kappa shape index (κ1) is 24.1. The van der Waals surface area contributed by atoms with Gasteiger partial charge in [-0.15, -0.1) is 0 Å². The highest BCUT2D eigenvalue weighted by molar-refractivity contribution is 6.51. The molecule has 1 fully saturated rings. The molecule has 1 N–H and O–H groups in total. The quantitative estimate of drug-likeness (QED) is 0.282. The van der Waals surface area contributed by atoms with E-state index in [-0.39, 0.29) is 17.4 Å². The van der Waals surface area contributed by atoms with E-state index in [1.54, 1.807) is 49.6 Å². The van der Waals surface area contributed by atoms with Crippen LogP contribution in [0.4, 0.5) is 5.69 Å². The number of methoxy groups -OCH3 is 1. The Morgan fingerprint density at radius 1 is 0.886 bits per heavy atom. The van der Waals surface area contributed by atoms with Gasteiger partial charge in [-0.05, 0) is 86.8 Å². The van der Waals surface area contributed by atoms with Crippen LogP contribution in [0.15, 0.2) is 72.3 Å². The lowest BCUT2D eigenvalue weighted by Gasteiger charge is -2.26. The SMILES string of the molecule is COc1ccc(N2C(=O)C(=O)/C(=C(\O)c3ccc(C)c(C)c3)C2c2ccc(OC(C)C)cc2)cc1. The van der Waals surface area contributed by atoms with Crippen molar-refractivity contribution in [2.45, 2.75) is 39.8 Å². The number of rotatable bonds is 6. The van der Waals surface area contributed by atoms with Crippen LogP contribution >= 0.6 is 0 Å². The fraction of sp³-hybridized carbons (Fsp3) is 0.241. The summed E-state index contributed by atoms with van der Waals surface area (Å²) in [5, 5.41) is 11.3. The van der Waals surface area contributed by atoms with Crippen LogP contribution in [0.3, 0.4) is 0 Å². The van der Waals surface area contributed by atoms with Crippen molar-refractivity contribution in [1.82, 2.24) is 0 Å². The summed E-state index contributed by atoms with van der Waals surface area (Å²) >= 11 is 0. The number of benzene rings is 3. The van der Waals surface area contributed by atoms with Gasteiger partial charge in [0.05, 0.1) is 24.8 Å². The van der Waals surface area contributed by atoms with Gasteiger partial charge in [0, 0.05) is 11.3 Å². The molecule has 1 unspecified atom stereocenters. The van der Waals surface area contributed by atoms with E-state index in [2.05, 4.69) is 0 Å². The standard InChI is InChI=1S/C29H29NO5/c1-17(2)35-24-12-8-20(9-13-24)26-25(27(31)21-7-6-18(3)19(4)16-21)28(32)29(33)30(26)22-10-14-23(34-5)15-11-22/h6-17,26,31H,1-5H3/b27-25-. The number of hydrogen-bond donors (Lipinski definition) is 1. The van der Waals surface area contributed by atoms with Gasteiger partial charge in [0.2, 0.25) is 0 Å². The third-order valence-electron chi connectivity index (χ3n) is 6.14. The molecule has 0 saturated carbocycles. The van der Waals surface area contributed by atoms with Crippen LogP contribution < -0.4 is 14.4 Å². The van der Waals surface area contributed by atoms with Crippen molar-refractivity contribution >= 4 is 23.1 Å². The van der Waals surface area contributed by atoms with Crippen molar-refractivity contribution in [2.75, 3.05) is 12.0 Å². The molecule has 0 aliphatic carbocycles. The topological polar surface area (TPSA) is 76.1 Å². The Morgan fingerprint density at radius 2 is 1.51 bits per heavy atom. The third-order valence-corrected chi connectivity index (χ3v) is 6.14. The number of ether oxygens (including phenoxy) is 2. The maximum absolute atomic E-state index is 13.3. The summed E-state index contributed by atoms with van der Waals surface area (Å²) in [6.45, 7) is 7.79. The Morgan fingerprint density at radius 3 is 2.09 bits per heavy atom. The first-order valence-electron chi connectivity index (χ1n) is 11.5. The number of carbonyl (C=O) groups excluding carboxylic acids is 2. The number of aliphatic hydroxyl groups excluding tert-OH is 1. The molecule has 1 aliphatic rings. The van der Waals surface area contributed by atoms with Crippen LogP contribution in [0.2, 0.25) is 0 Å². The summed E-state index contributed by atoms with van der Waals surface area (Å²) in [6, 6.07) is 18.8. The first-order valence-corrected chi connectivity index (χ1v) is 11.5. The second kappa shape index (κ2) is 9.66. The number of anilines is 1. The zero-order valence-corrected chi connectivity index (χ0v) is 20.5. The molecule has 35 heavy (non-hydrogen) atoms. The van der Waals surface area contributed by atoms with Gasteiger partial charge in [-0.1, -0.05) is 24.3 Å². The molecular formula is C29H29NO5. The van der Waals surface area contributed by atoms with E-state index in [1.807, 2.05) is 52.0 Å². The van der Waals surface area contributed by atoms with Crippen molar-refractivity contribution in [2.24, 2.45) is 0 Å². The summed E-state index contributed by atoms with van der Waals surface area (Å²) < 4.78 is 11.0. The second-order valence-corrected chi connectivity index (χ2v) is 8.90. The predicted molar refractivity (Wildman–Crippen MR) is 136 cm³/mol. The zero-order chi connectivity index (χ0) is 25.3. The third kappa shape index (κ3) is 4.64. The number of aryl methyl sites for hydroxylation is 2. The molecule has 4 rings (SSSR count). The Hall–Kier alpha value is -4.06. The summed E-state index contributed by atoms with van der Waals surface area (Å²) in [5.41, 5.74) is 3.79. The lowest BCUT2D eigenvalue weighted by Crippen LogP contribution is -2.29. The van der Waals surface area contributed by atoms with Crippen molar-refractivity contribution in [3.63, 3.8) is 0 Å². The highest BCUT2D eigenvalue weighted by Gasteiger charge is 2.47. The smallest absolute Gasteiger partial charge is 0.300 e. The lowest BCUT2D eigenvalue weighted by molar-refractivity contribution is -0.132. The van der Waals surface area contributed by atoms with Crippen molar-refractivity contribution in [1.29, 1.82) is 0 Å². The fourth-order valence-electron chi connectivity index (χ4n) is 4.20. The van der Waals surface area contributed by atoms with E-state index < -0.39 is 17.7 Å². The number of Topliss-reactive ketones (excluding diaryl/α,β-unsaturated/α-hetero) is 1. The molecule has 0 bridgehead atoms. The van der Waals surface area contributed by atoms with Gasteiger partial charge in [-0.25, -0.2) is 0 Å². The maximum atomic E-state index is 13.3. The van der Waals surface area contributed by atoms with Crippen LogP contribution in [0.1, 0.15) is 42.1 Å². The molecule has 6 heteroatoms. The van der Waals surface area contributed by atoms with Gasteiger partial charge in [-0.3, -0.25) is 14.5 Å². The Balaban J connectivity index is 1.88. The summed E-state index contributed by atoms with van der Waals surface area (Å²) in [6.07, 6.45) is 0.00978. The molecule has 0 radical (unpaired) electrons. The van der Waals surface area contributed by atoms with Gasteiger partial charge < -0.3 is 14.6 Å². The Labute approximate surface area is 205 Å². The molecule has 3 aromatic carbocycles. The summed E-state index contributed by atoms with van der Waals surface area (Å²) in [5.74, 6) is -0.321. The van der Waals surface area contributed by atoms with E-state index >= 15 is 0 Å². The number of amides is 1. The molecule has 1 saturated heterocycles. The second-order valence-electron chi connectivity index (χ2n) is 8.90. The number of nitrogens with zero attached hydrogens (tertiary/aromatic N) is 1. The Bertz CT molecular complexity index is 1290. The first-order chi connectivity index (χ1) is 16.7. The largest absolute Gasteiger partial charge is 0.507 e. The van der Waals surface area contributed by atoms with Gasteiger partial charge in [0.1, 0.15) is 17.3 Å². The number of aliphatic hydroxyl groups is 1. The monoisotopic (exact) mass is 471 g/mol. The minimum Gasteiger partial charge on any atom is -0.507 e. The number of ketones is 1. The van der Waals surface area contributed by atoms with Crippen LogP contribution in [-0.2, 0) is 9.59 Å². The number of carbonyl (C=O) groups is 2. The number of hydrogen-bond acceptors (Lipinski definition) is 5. The molecule has 1 aliphatic heterocycles. The molecule has 6 nitrogen and oxygen atoms in total. The van der Waals surface area contributed by atoms with Gasteiger partial charge >= 0.3 is 0 Å². The fourth-order valence-corrected chi connectivity index (χ4v) is 4.20. The van der Waals surface area contributed by atoms with Crippen LogP contribution in [0.25, 0.3) is 5.76 Å². The predicted octanol–water partition coefficient (Wildman–Crippen LogP) is 5.73. The normalized spacial score (nSPS) is 17.2. The van der Waals surface area contributed by atoms with Crippen LogP contribution in [-0.4, -0.2) is 30.0 Å². The molecule has 0 spiro atoms. The minimum absolute atomic E-state index is 0.00978. The van der Waals surface area contributed by atoms with Gasteiger partial charge in [-0.2, -0.15) is 0 Å². The van der Waals surface area contributed by atoms with Gasteiger partial charge in [0.25, 0.3) is 11.7 Å². The molecule has 1 heterocycles. The molecule has 180 valence electrons. The van der Waals surface area contributed by atoms with Gasteiger partial charge in [0.15, 0.2) is 0 Å². The van der Waals surface area contributed by atoms with Crippen molar-refractivity contribution in [3.05, 3.63) is 94.6 Å². The summed E-state index contributed by atoms with van der Waals surface area (Å²) in [7, 11) is 1.56. The van der Waals surface area contributed by atoms with Crippen molar-refractivity contribution < 1.29 is 24.2 Å². The zero-order valence-electron chi connectivity index (χ0n) is 20.5. The molecule has 1 atom stereocenters. The van der Waals surface area contributed by atoms with E-state index in [4.69, 9.17) is 9.47 Å². The highest BCUT2D eigenvalue weighted by Crippen LogP contribution is 2.43. The van der Waals surface area contributed by atoms with Crippen LogP contribution in [0, 0.1) is 13.8 Å². The average Bonchev–Trinajstić information content (AvgIpc) is 3.11. The Kier molecular flexibility index (Phi) is 6.65. The van der Waals surface area contributed by atoms with E-state index in [9.17, 15) is 14.7 Å². The summed E-state index contributed by atoms with van der Waals surface area (Å²) in [4.78, 5) is 28.0. The van der Waals surface area contributed by atoms with E-state index in [1.165, 1.54) is 4.90 Å². The molecular weight excluding hydrogens is 442 g/mol. The minimum atomic E-state index is -0.807. The molecule has 0 aromatic heterocycles. The lowest BCUT2D eigenvalue weighted by atomic mass is 9.94. The molecule has 3 aromatic rings. The van der Waals surface area contributed by atoms with Crippen LogP contribution in [0.5, 0.6) is 11.5 Å². The van der Waals surface area contributed by atoms with Crippen molar-refractivity contribution in [3.8, 4) is 11.5 Å².